The molecule has 0 unspecified atom stereocenters. The SMILES string of the molecule is O=C1Cc2c3c(c4cc5c(cc4c21)OCO5)CCCC3. The fourth-order valence-electron chi connectivity index (χ4n) is 3.90. The summed E-state index contributed by atoms with van der Waals surface area (Å²) < 4.78 is 11.0. The quantitative estimate of drug-likeness (QED) is 0.734. The molecule has 100 valence electrons. The Balaban J connectivity index is 1.93. The van der Waals surface area contributed by atoms with Crippen LogP contribution in [0.2, 0.25) is 0 Å². The minimum Gasteiger partial charge on any atom is -0.454 e. The van der Waals surface area contributed by atoms with Gasteiger partial charge >= 0.3 is 0 Å². The van der Waals surface area contributed by atoms with Gasteiger partial charge in [0.05, 0.1) is 0 Å². The van der Waals surface area contributed by atoms with E-state index >= 15 is 0 Å². The van der Waals surface area contributed by atoms with Gasteiger partial charge in [0, 0.05) is 12.0 Å². The molecule has 0 aromatic heterocycles. The van der Waals surface area contributed by atoms with Gasteiger partial charge in [-0.1, -0.05) is 0 Å². The van der Waals surface area contributed by atoms with E-state index in [0.717, 1.165) is 35.3 Å². The van der Waals surface area contributed by atoms with Crippen LogP contribution in [0.5, 0.6) is 11.5 Å². The Morgan fingerprint density at radius 3 is 2.30 bits per heavy atom. The zero-order valence-corrected chi connectivity index (χ0v) is 11.1. The zero-order valence-electron chi connectivity index (χ0n) is 11.1. The van der Waals surface area contributed by atoms with Crippen molar-refractivity contribution in [1.29, 1.82) is 0 Å². The van der Waals surface area contributed by atoms with Crippen LogP contribution in [0.4, 0.5) is 0 Å². The smallest absolute Gasteiger partial charge is 0.231 e. The summed E-state index contributed by atoms with van der Waals surface area (Å²) in [5.41, 5.74) is 5.13. The van der Waals surface area contributed by atoms with Crippen LogP contribution in [0.1, 0.15) is 39.9 Å². The number of benzene rings is 2. The molecule has 2 aliphatic carbocycles. The molecule has 0 fully saturated rings. The average molecular weight is 266 g/mol. The van der Waals surface area contributed by atoms with Crippen LogP contribution in [0.25, 0.3) is 10.8 Å². The summed E-state index contributed by atoms with van der Waals surface area (Å²) >= 11 is 0. The Labute approximate surface area is 116 Å². The predicted octanol–water partition coefficient (Wildman–Crippen LogP) is 3.19. The first-order valence-electron chi connectivity index (χ1n) is 7.26. The standard InChI is InChI=1S/C17H14O3/c18-14-5-12-10-4-2-1-3-9(10)11-6-15-16(20-8-19-15)7-13(11)17(12)14/h6-7H,1-5,8H2. The van der Waals surface area contributed by atoms with Crippen LogP contribution in [-0.2, 0) is 19.3 Å². The molecular weight excluding hydrogens is 252 g/mol. The van der Waals surface area contributed by atoms with Crippen molar-refractivity contribution in [3.8, 4) is 11.5 Å². The van der Waals surface area contributed by atoms with Gasteiger partial charge in [-0.05, 0) is 65.3 Å². The predicted molar refractivity (Wildman–Crippen MR) is 74.7 cm³/mol. The van der Waals surface area contributed by atoms with Crippen molar-refractivity contribution in [3.05, 3.63) is 34.4 Å². The van der Waals surface area contributed by atoms with Crippen molar-refractivity contribution < 1.29 is 14.3 Å². The lowest BCUT2D eigenvalue weighted by Crippen LogP contribution is -2.24. The molecule has 20 heavy (non-hydrogen) atoms. The maximum atomic E-state index is 12.0. The van der Waals surface area contributed by atoms with E-state index in [1.54, 1.807) is 0 Å². The molecule has 1 aliphatic heterocycles. The Bertz CT molecular complexity index is 789. The van der Waals surface area contributed by atoms with Crippen LogP contribution in [0, 0.1) is 0 Å². The van der Waals surface area contributed by atoms with Crippen molar-refractivity contribution >= 4 is 16.6 Å². The molecule has 2 aromatic carbocycles. The van der Waals surface area contributed by atoms with E-state index in [0.29, 0.717) is 6.42 Å². The van der Waals surface area contributed by atoms with E-state index in [-0.39, 0.29) is 12.6 Å². The normalized spacial score (nSPS) is 18.7. The number of ether oxygens (including phenoxy) is 2. The number of fused-ring (bicyclic) bond motifs is 7. The van der Waals surface area contributed by atoms with Crippen LogP contribution in [0.3, 0.4) is 0 Å². The largest absolute Gasteiger partial charge is 0.454 e. The molecule has 3 aliphatic rings. The minimum atomic E-state index is 0.275. The highest BCUT2D eigenvalue weighted by molar-refractivity contribution is 6.18. The lowest BCUT2D eigenvalue weighted by Gasteiger charge is -2.29. The third kappa shape index (κ3) is 1.18. The molecular formula is C17H14O3. The molecule has 0 bridgehead atoms. The molecule has 3 nitrogen and oxygen atoms in total. The Morgan fingerprint density at radius 1 is 0.850 bits per heavy atom. The van der Waals surface area contributed by atoms with Gasteiger partial charge in [0.25, 0.3) is 0 Å². The van der Waals surface area contributed by atoms with E-state index < -0.39 is 0 Å². The van der Waals surface area contributed by atoms with Crippen molar-refractivity contribution in [2.75, 3.05) is 6.79 Å². The van der Waals surface area contributed by atoms with Crippen molar-refractivity contribution in [2.24, 2.45) is 0 Å². The molecule has 0 atom stereocenters. The molecule has 0 N–H and O–H groups in total. The number of hydrogen-bond donors (Lipinski definition) is 0. The Hall–Kier alpha value is -2.03. The molecule has 0 saturated carbocycles. The summed E-state index contributed by atoms with van der Waals surface area (Å²) in [4.78, 5) is 12.0. The van der Waals surface area contributed by atoms with Gasteiger partial charge in [-0.2, -0.15) is 0 Å². The van der Waals surface area contributed by atoms with Crippen molar-refractivity contribution in [1.82, 2.24) is 0 Å². The molecule has 1 heterocycles. The lowest BCUT2D eigenvalue weighted by molar-refractivity contribution is 0.0969. The van der Waals surface area contributed by atoms with Gasteiger partial charge in [0.1, 0.15) is 0 Å². The highest BCUT2D eigenvalue weighted by atomic mass is 16.7. The molecule has 0 radical (unpaired) electrons. The van der Waals surface area contributed by atoms with Crippen LogP contribution < -0.4 is 9.47 Å². The van der Waals surface area contributed by atoms with Gasteiger partial charge in [-0.15, -0.1) is 0 Å². The number of rotatable bonds is 0. The third-order valence-electron chi connectivity index (χ3n) is 4.86. The van der Waals surface area contributed by atoms with E-state index in [1.807, 2.05) is 6.07 Å². The third-order valence-corrected chi connectivity index (χ3v) is 4.86. The lowest BCUT2D eigenvalue weighted by atomic mass is 9.73. The highest BCUT2D eigenvalue weighted by Crippen LogP contribution is 2.45. The number of aryl methyl sites for hydroxylation is 1. The summed E-state index contributed by atoms with van der Waals surface area (Å²) in [6.45, 7) is 0.282. The summed E-state index contributed by atoms with van der Waals surface area (Å²) in [5, 5.41) is 2.27. The van der Waals surface area contributed by atoms with Crippen LogP contribution >= 0.6 is 0 Å². The summed E-state index contributed by atoms with van der Waals surface area (Å²) in [5.74, 6) is 1.87. The number of ketones is 1. The first kappa shape index (κ1) is 10.7. The number of carbonyl (C=O) groups is 1. The second-order valence-corrected chi connectivity index (χ2v) is 5.87. The second kappa shape index (κ2) is 3.54. The van der Waals surface area contributed by atoms with Crippen LogP contribution in [0.15, 0.2) is 12.1 Å². The first-order chi connectivity index (χ1) is 9.83. The molecule has 3 heteroatoms. The van der Waals surface area contributed by atoms with E-state index in [9.17, 15) is 4.79 Å². The Kier molecular flexibility index (Phi) is 1.90. The summed E-state index contributed by atoms with van der Waals surface area (Å²) in [6.07, 6.45) is 5.34. The minimum absolute atomic E-state index is 0.275. The number of hydrogen-bond acceptors (Lipinski definition) is 3. The fraction of sp³-hybridized carbons (Fsp3) is 0.353. The summed E-state index contributed by atoms with van der Waals surface area (Å²) in [7, 11) is 0. The van der Waals surface area contributed by atoms with E-state index in [4.69, 9.17) is 9.47 Å². The Morgan fingerprint density at radius 2 is 1.55 bits per heavy atom. The van der Waals surface area contributed by atoms with E-state index in [2.05, 4.69) is 6.07 Å². The van der Waals surface area contributed by atoms with Crippen molar-refractivity contribution in [3.63, 3.8) is 0 Å². The molecule has 0 amide bonds. The number of carbonyl (C=O) groups excluding carboxylic acids is 1. The molecule has 5 rings (SSSR count). The van der Waals surface area contributed by atoms with Gasteiger partial charge in [0.15, 0.2) is 17.3 Å². The molecule has 0 spiro atoms. The average Bonchev–Trinajstić information content (AvgIpc) is 2.91. The maximum Gasteiger partial charge on any atom is 0.231 e. The number of Topliss-reactive ketones (excluding diaryl/α,β-unsaturated/α-hetero) is 1. The van der Waals surface area contributed by atoms with Gasteiger partial charge < -0.3 is 9.47 Å². The van der Waals surface area contributed by atoms with Gasteiger partial charge in [-0.3, -0.25) is 4.79 Å². The maximum absolute atomic E-state index is 12.0. The van der Waals surface area contributed by atoms with Crippen LogP contribution in [-0.4, -0.2) is 12.6 Å². The van der Waals surface area contributed by atoms with Gasteiger partial charge in [-0.25, -0.2) is 0 Å². The molecule has 2 aromatic rings. The topological polar surface area (TPSA) is 35.5 Å². The van der Waals surface area contributed by atoms with Gasteiger partial charge in [0.2, 0.25) is 6.79 Å². The monoisotopic (exact) mass is 266 g/mol. The summed E-state index contributed by atoms with van der Waals surface area (Å²) in [6, 6.07) is 4.08. The second-order valence-electron chi connectivity index (χ2n) is 5.87. The first-order valence-corrected chi connectivity index (χ1v) is 7.26. The highest BCUT2D eigenvalue weighted by Gasteiger charge is 2.33. The zero-order chi connectivity index (χ0) is 13.3. The molecule has 0 saturated heterocycles. The van der Waals surface area contributed by atoms with Crippen molar-refractivity contribution in [2.45, 2.75) is 32.1 Å². The van der Waals surface area contributed by atoms with E-state index in [1.165, 1.54) is 34.9 Å². The fourth-order valence-corrected chi connectivity index (χ4v) is 3.90.